The topological polar surface area (TPSA) is 69.9 Å². The quantitative estimate of drug-likeness (QED) is 0.423. The van der Waals surface area contributed by atoms with Crippen molar-refractivity contribution < 1.29 is 20.1 Å². The molecule has 0 aromatic heterocycles. The Morgan fingerprint density at radius 3 is 2.50 bits per heavy atom. The molecule has 4 heteroatoms. The lowest BCUT2D eigenvalue weighted by Gasteiger charge is -2.29. The molecule has 0 radical (unpaired) electrons. The van der Waals surface area contributed by atoms with Crippen LogP contribution < -0.4 is 0 Å². The number of hydrogen-bond donors (Lipinski definition) is 3. The molecule has 0 aromatic rings. The lowest BCUT2D eigenvalue weighted by atomic mass is 10.0. The van der Waals surface area contributed by atoms with Gasteiger partial charge in [-0.2, -0.15) is 0 Å². The molecule has 60 valence electrons. The van der Waals surface area contributed by atoms with Gasteiger partial charge in [0, 0.05) is 6.42 Å². The summed E-state index contributed by atoms with van der Waals surface area (Å²) in [6, 6.07) is 0. The minimum atomic E-state index is -0.789. The van der Waals surface area contributed by atoms with Crippen LogP contribution in [0.4, 0.5) is 0 Å². The van der Waals surface area contributed by atoms with Crippen LogP contribution in [0.1, 0.15) is 6.42 Å². The number of hydrogen-bond acceptors (Lipinski definition) is 4. The highest BCUT2D eigenvalue weighted by Gasteiger charge is 2.27. The molecule has 0 amide bonds. The van der Waals surface area contributed by atoms with E-state index in [0.717, 1.165) is 0 Å². The molecule has 0 bridgehead atoms. The molecule has 1 saturated heterocycles. The predicted molar refractivity (Wildman–Crippen MR) is 33.5 cm³/mol. The second-order valence-corrected chi connectivity index (χ2v) is 2.51. The van der Waals surface area contributed by atoms with E-state index in [1.54, 1.807) is 0 Å². The normalized spacial score (nSPS) is 41.7. The van der Waals surface area contributed by atoms with Crippen LogP contribution in [0.2, 0.25) is 0 Å². The average molecular weight is 148 g/mol. The average Bonchev–Trinajstić information content (AvgIpc) is 1.95. The first-order chi connectivity index (χ1) is 4.74. The van der Waals surface area contributed by atoms with Gasteiger partial charge in [0.15, 0.2) is 0 Å². The van der Waals surface area contributed by atoms with E-state index >= 15 is 0 Å². The lowest BCUT2D eigenvalue weighted by Crippen LogP contribution is -2.42. The Kier molecular flexibility index (Phi) is 2.62. The minimum Gasteiger partial charge on any atom is -0.394 e. The monoisotopic (exact) mass is 148 g/mol. The summed E-state index contributed by atoms with van der Waals surface area (Å²) in [6.45, 7) is 0.0240. The second-order valence-electron chi connectivity index (χ2n) is 2.51. The van der Waals surface area contributed by atoms with Crippen molar-refractivity contribution in [1.82, 2.24) is 0 Å². The highest BCUT2D eigenvalue weighted by Crippen LogP contribution is 2.13. The predicted octanol–water partition coefficient (Wildman–Crippen LogP) is -1.51. The number of rotatable bonds is 1. The van der Waals surface area contributed by atoms with Gasteiger partial charge in [-0.05, 0) is 0 Å². The third-order valence-electron chi connectivity index (χ3n) is 1.65. The molecule has 0 saturated carbocycles. The Hall–Kier alpha value is -0.160. The van der Waals surface area contributed by atoms with Crippen LogP contribution in [-0.2, 0) is 4.74 Å². The number of aliphatic hydroxyl groups excluding tert-OH is 3. The van der Waals surface area contributed by atoms with Gasteiger partial charge in [-0.15, -0.1) is 0 Å². The molecular formula is C6H12O4. The molecular weight excluding hydrogens is 136 g/mol. The Labute approximate surface area is 59.1 Å². The lowest BCUT2D eigenvalue weighted by molar-refractivity contribution is -0.131. The maximum Gasteiger partial charge on any atom is 0.103 e. The van der Waals surface area contributed by atoms with E-state index < -0.39 is 12.2 Å². The largest absolute Gasteiger partial charge is 0.394 e. The van der Waals surface area contributed by atoms with E-state index in [0.29, 0.717) is 6.42 Å². The first kappa shape index (κ1) is 7.94. The summed E-state index contributed by atoms with van der Waals surface area (Å²) in [6.07, 6.45) is -1.52. The summed E-state index contributed by atoms with van der Waals surface area (Å²) in [5.74, 6) is 0. The highest BCUT2D eigenvalue weighted by molar-refractivity contribution is 4.76. The summed E-state index contributed by atoms with van der Waals surface area (Å²) >= 11 is 0. The molecule has 3 atom stereocenters. The summed E-state index contributed by atoms with van der Waals surface area (Å²) < 4.78 is 4.95. The molecule has 0 aromatic carbocycles. The summed E-state index contributed by atoms with van der Waals surface area (Å²) in [5, 5.41) is 26.5. The highest BCUT2D eigenvalue weighted by atomic mass is 16.5. The van der Waals surface area contributed by atoms with Crippen molar-refractivity contribution >= 4 is 0 Å². The third kappa shape index (κ3) is 1.67. The van der Waals surface area contributed by atoms with Crippen molar-refractivity contribution in [3.05, 3.63) is 0 Å². The van der Waals surface area contributed by atoms with E-state index in [-0.39, 0.29) is 19.3 Å². The molecule has 1 aliphatic rings. The van der Waals surface area contributed by atoms with Gasteiger partial charge in [0.2, 0.25) is 0 Å². The van der Waals surface area contributed by atoms with Crippen LogP contribution in [0.25, 0.3) is 0 Å². The fraction of sp³-hybridized carbons (Fsp3) is 1.00. The van der Waals surface area contributed by atoms with Crippen molar-refractivity contribution in [2.45, 2.75) is 24.7 Å². The van der Waals surface area contributed by atoms with Gasteiger partial charge in [0.25, 0.3) is 0 Å². The Bertz CT molecular complexity index is 106. The molecule has 0 aliphatic carbocycles. The van der Waals surface area contributed by atoms with Gasteiger partial charge in [0.1, 0.15) is 6.10 Å². The van der Waals surface area contributed by atoms with Crippen molar-refractivity contribution in [2.75, 3.05) is 13.2 Å². The smallest absolute Gasteiger partial charge is 0.103 e. The maximum atomic E-state index is 9.04. The Morgan fingerprint density at radius 1 is 1.30 bits per heavy atom. The van der Waals surface area contributed by atoms with Gasteiger partial charge >= 0.3 is 0 Å². The first-order valence-corrected chi connectivity index (χ1v) is 3.32. The maximum absolute atomic E-state index is 9.04. The minimum absolute atomic E-state index is 0.0935. The van der Waals surface area contributed by atoms with Crippen LogP contribution in [-0.4, -0.2) is 46.8 Å². The fourth-order valence-corrected chi connectivity index (χ4v) is 0.967. The van der Waals surface area contributed by atoms with Crippen molar-refractivity contribution in [1.29, 1.82) is 0 Å². The third-order valence-corrected chi connectivity index (χ3v) is 1.65. The molecule has 1 heterocycles. The number of ether oxygens (including phenoxy) is 1. The van der Waals surface area contributed by atoms with E-state index in [1.807, 2.05) is 0 Å². The van der Waals surface area contributed by atoms with Crippen LogP contribution in [0.5, 0.6) is 0 Å². The molecule has 4 nitrogen and oxygen atoms in total. The molecule has 3 N–H and O–H groups in total. The van der Waals surface area contributed by atoms with Gasteiger partial charge in [0.05, 0.1) is 25.4 Å². The zero-order valence-corrected chi connectivity index (χ0v) is 5.60. The van der Waals surface area contributed by atoms with Crippen LogP contribution >= 0.6 is 0 Å². The van der Waals surface area contributed by atoms with E-state index in [1.165, 1.54) is 0 Å². The van der Waals surface area contributed by atoms with E-state index in [9.17, 15) is 0 Å². The second kappa shape index (κ2) is 3.30. The van der Waals surface area contributed by atoms with Crippen molar-refractivity contribution in [3.8, 4) is 0 Å². The molecule has 1 rings (SSSR count). The van der Waals surface area contributed by atoms with Crippen LogP contribution in [0, 0.1) is 0 Å². The standard InChI is InChI=1S/C6H12O4/c7-2-4-1-5(8)6(9)3-10-4/h4-9H,1-3H2/t4?,5?,6-/m1/s1. The summed E-state index contributed by atoms with van der Waals surface area (Å²) in [7, 11) is 0. The molecule has 2 unspecified atom stereocenters. The fourth-order valence-electron chi connectivity index (χ4n) is 0.967. The number of aliphatic hydroxyl groups is 3. The SMILES string of the molecule is OCC1CC(O)[C@H](O)CO1. The zero-order chi connectivity index (χ0) is 7.56. The zero-order valence-electron chi connectivity index (χ0n) is 5.60. The van der Waals surface area contributed by atoms with Gasteiger partial charge in [-0.1, -0.05) is 0 Å². The van der Waals surface area contributed by atoms with Gasteiger partial charge < -0.3 is 20.1 Å². The Morgan fingerprint density at radius 2 is 2.00 bits per heavy atom. The summed E-state index contributed by atoms with van der Waals surface area (Å²) in [4.78, 5) is 0. The molecule has 1 fully saturated rings. The van der Waals surface area contributed by atoms with E-state index in [4.69, 9.17) is 20.1 Å². The van der Waals surface area contributed by atoms with Gasteiger partial charge in [-0.3, -0.25) is 0 Å². The van der Waals surface area contributed by atoms with Crippen molar-refractivity contribution in [3.63, 3.8) is 0 Å². The molecule has 1 aliphatic heterocycles. The van der Waals surface area contributed by atoms with Crippen LogP contribution in [0.3, 0.4) is 0 Å². The van der Waals surface area contributed by atoms with E-state index in [2.05, 4.69) is 0 Å². The Balaban J connectivity index is 2.33. The van der Waals surface area contributed by atoms with Gasteiger partial charge in [-0.25, -0.2) is 0 Å². The summed E-state index contributed by atoms with van der Waals surface area (Å²) in [5.41, 5.74) is 0. The van der Waals surface area contributed by atoms with Crippen molar-refractivity contribution in [2.24, 2.45) is 0 Å². The molecule has 10 heavy (non-hydrogen) atoms. The first-order valence-electron chi connectivity index (χ1n) is 3.32. The molecule has 0 spiro atoms. The van der Waals surface area contributed by atoms with Crippen LogP contribution in [0.15, 0.2) is 0 Å².